The van der Waals surface area contributed by atoms with Crippen molar-refractivity contribution in [3.8, 4) is 6.07 Å². The third kappa shape index (κ3) is 5.40. The molecule has 0 aliphatic heterocycles. The summed E-state index contributed by atoms with van der Waals surface area (Å²) in [5, 5.41) is 16.3. The minimum atomic E-state index is -0.422. The molecule has 7 heteroatoms. The number of aryl methyl sites for hydroxylation is 1. The zero-order chi connectivity index (χ0) is 18.4. The van der Waals surface area contributed by atoms with Crippen molar-refractivity contribution < 1.29 is 9.18 Å². The van der Waals surface area contributed by atoms with Gasteiger partial charge in [0.2, 0.25) is 5.91 Å². The van der Waals surface area contributed by atoms with Crippen molar-refractivity contribution in [1.29, 1.82) is 5.26 Å². The van der Waals surface area contributed by atoms with Gasteiger partial charge in [0.15, 0.2) is 0 Å². The number of halogens is 1. The van der Waals surface area contributed by atoms with E-state index in [4.69, 9.17) is 5.26 Å². The molecule has 0 spiro atoms. The number of carbonyl (C=O) groups excluding carboxylic acids is 1. The molecule has 25 heavy (non-hydrogen) atoms. The van der Waals surface area contributed by atoms with Gasteiger partial charge in [-0.15, -0.1) is 0 Å². The van der Waals surface area contributed by atoms with Gasteiger partial charge in [-0.3, -0.25) is 9.48 Å². The summed E-state index contributed by atoms with van der Waals surface area (Å²) in [6.45, 7) is 4.87. The molecular weight excluding hydrogens is 321 g/mol. The molecule has 1 amide bonds. The number of likely N-dealkylation sites (N-methyl/N-ethyl adjacent to an activating group) is 1. The van der Waals surface area contributed by atoms with Crippen molar-refractivity contribution in [1.82, 2.24) is 20.0 Å². The van der Waals surface area contributed by atoms with Crippen molar-refractivity contribution in [2.45, 2.75) is 33.0 Å². The van der Waals surface area contributed by atoms with E-state index in [1.54, 1.807) is 13.2 Å². The van der Waals surface area contributed by atoms with Crippen molar-refractivity contribution in [3.63, 3.8) is 0 Å². The first-order chi connectivity index (χ1) is 11.9. The summed E-state index contributed by atoms with van der Waals surface area (Å²) < 4.78 is 15.6. The summed E-state index contributed by atoms with van der Waals surface area (Å²) in [6, 6.07) is 6.17. The van der Waals surface area contributed by atoms with Crippen LogP contribution < -0.4 is 5.32 Å². The highest BCUT2D eigenvalue weighted by Gasteiger charge is 2.14. The minimum absolute atomic E-state index is 0.0651. The number of hydrogen-bond donors (Lipinski definition) is 1. The Morgan fingerprint density at radius 2 is 2.28 bits per heavy atom. The maximum Gasteiger partial charge on any atom is 0.236 e. The molecule has 1 aromatic carbocycles. The second-order valence-electron chi connectivity index (χ2n) is 6.19. The Balaban J connectivity index is 1.85. The van der Waals surface area contributed by atoms with Crippen LogP contribution in [-0.2, 0) is 17.9 Å². The number of benzene rings is 1. The average Bonchev–Trinajstić information content (AvgIpc) is 2.99. The Morgan fingerprint density at radius 3 is 2.92 bits per heavy atom. The lowest BCUT2D eigenvalue weighted by atomic mass is 10.1. The van der Waals surface area contributed by atoms with Crippen LogP contribution in [0, 0.1) is 24.1 Å². The van der Waals surface area contributed by atoms with Crippen molar-refractivity contribution >= 4 is 5.91 Å². The number of amides is 1. The SMILES string of the molecule is Cc1cnn(CC(C)NCC(=O)N(C)Cc2cc(C#N)ccc2F)c1. The molecule has 0 fully saturated rings. The zero-order valence-corrected chi connectivity index (χ0v) is 14.7. The first kappa shape index (κ1) is 18.6. The second-order valence-corrected chi connectivity index (χ2v) is 6.19. The molecule has 1 unspecified atom stereocenters. The van der Waals surface area contributed by atoms with Crippen LogP contribution in [0.2, 0.25) is 0 Å². The fourth-order valence-electron chi connectivity index (χ4n) is 2.42. The van der Waals surface area contributed by atoms with E-state index in [0.717, 1.165) is 5.56 Å². The van der Waals surface area contributed by atoms with Crippen LogP contribution in [0.25, 0.3) is 0 Å². The second kappa shape index (κ2) is 8.40. The minimum Gasteiger partial charge on any atom is -0.340 e. The normalized spacial score (nSPS) is 11.8. The van der Waals surface area contributed by atoms with E-state index in [0.29, 0.717) is 17.7 Å². The van der Waals surface area contributed by atoms with E-state index in [1.165, 1.54) is 23.1 Å². The number of rotatable bonds is 7. The number of nitrogens with one attached hydrogen (secondary N) is 1. The smallest absolute Gasteiger partial charge is 0.236 e. The molecule has 6 nitrogen and oxygen atoms in total. The molecule has 0 saturated carbocycles. The highest BCUT2D eigenvalue weighted by molar-refractivity contribution is 5.78. The van der Waals surface area contributed by atoms with Gasteiger partial charge >= 0.3 is 0 Å². The summed E-state index contributed by atoms with van der Waals surface area (Å²) >= 11 is 0. The van der Waals surface area contributed by atoms with E-state index in [9.17, 15) is 9.18 Å². The number of nitriles is 1. The Morgan fingerprint density at radius 1 is 1.52 bits per heavy atom. The molecule has 132 valence electrons. The molecule has 1 atom stereocenters. The molecule has 0 aliphatic carbocycles. The Bertz CT molecular complexity index is 780. The molecule has 0 saturated heterocycles. The predicted molar refractivity (Wildman–Crippen MR) is 92.0 cm³/mol. The fraction of sp³-hybridized carbons (Fsp3) is 0.389. The van der Waals surface area contributed by atoms with Crippen LogP contribution in [-0.4, -0.2) is 40.2 Å². The van der Waals surface area contributed by atoms with E-state index >= 15 is 0 Å². The number of hydrogen-bond acceptors (Lipinski definition) is 4. The van der Waals surface area contributed by atoms with Gasteiger partial charge in [0.25, 0.3) is 0 Å². The van der Waals surface area contributed by atoms with Crippen molar-refractivity contribution in [3.05, 3.63) is 53.1 Å². The Hall–Kier alpha value is -2.72. The van der Waals surface area contributed by atoms with Gasteiger partial charge in [-0.25, -0.2) is 4.39 Å². The molecular formula is C18H22FN5O. The number of aromatic nitrogens is 2. The highest BCUT2D eigenvalue weighted by Crippen LogP contribution is 2.12. The fourth-order valence-corrected chi connectivity index (χ4v) is 2.42. The van der Waals surface area contributed by atoms with Crippen LogP contribution in [0.15, 0.2) is 30.6 Å². The molecule has 1 aromatic heterocycles. The lowest BCUT2D eigenvalue weighted by Crippen LogP contribution is -2.40. The Kier molecular flexibility index (Phi) is 6.25. The van der Waals surface area contributed by atoms with Crippen LogP contribution in [0.5, 0.6) is 0 Å². The monoisotopic (exact) mass is 343 g/mol. The topological polar surface area (TPSA) is 74.0 Å². The largest absolute Gasteiger partial charge is 0.340 e. The molecule has 0 aliphatic rings. The highest BCUT2D eigenvalue weighted by atomic mass is 19.1. The Labute approximate surface area is 146 Å². The van der Waals surface area contributed by atoms with Gasteiger partial charge in [0.05, 0.1) is 30.9 Å². The van der Waals surface area contributed by atoms with Crippen LogP contribution in [0.3, 0.4) is 0 Å². The first-order valence-corrected chi connectivity index (χ1v) is 8.04. The molecule has 1 heterocycles. The summed E-state index contributed by atoms with van der Waals surface area (Å²) in [7, 11) is 1.62. The van der Waals surface area contributed by atoms with E-state index in [-0.39, 0.29) is 25.0 Å². The molecule has 0 radical (unpaired) electrons. The third-order valence-corrected chi connectivity index (χ3v) is 3.83. The first-order valence-electron chi connectivity index (χ1n) is 8.04. The molecule has 0 bridgehead atoms. The van der Waals surface area contributed by atoms with E-state index in [2.05, 4.69) is 10.4 Å². The summed E-state index contributed by atoms with van der Waals surface area (Å²) in [5.41, 5.74) is 1.79. The summed E-state index contributed by atoms with van der Waals surface area (Å²) in [5.74, 6) is -0.570. The standard InChI is InChI=1S/C18H22FN5O/c1-13-8-22-24(10-13)11-14(2)21-9-18(25)23(3)12-16-6-15(7-20)4-5-17(16)19/h4-6,8,10,14,21H,9,11-12H2,1-3H3. The number of nitrogens with zero attached hydrogens (tertiary/aromatic N) is 4. The van der Waals surface area contributed by atoms with Crippen molar-refractivity contribution in [2.24, 2.45) is 0 Å². The summed E-state index contributed by atoms with van der Waals surface area (Å²) in [4.78, 5) is 13.7. The van der Waals surface area contributed by atoms with Gasteiger partial charge in [-0.05, 0) is 37.6 Å². The number of carbonyl (C=O) groups is 1. The molecule has 2 rings (SSSR count). The van der Waals surface area contributed by atoms with Gasteiger partial charge in [-0.1, -0.05) is 0 Å². The molecule has 2 aromatic rings. The summed E-state index contributed by atoms with van der Waals surface area (Å²) in [6.07, 6.45) is 3.73. The maximum absolute atomic E-state index is 13.8. The van der Waals surface area contributed by atoms with Crippen LogP contribution >= 0.6 is 0 Å². The van der Waals surface area contributed by atoms with Crippen molar-refractivity contribution in [2.75, 3.05) is 13.6 Å². The maximum atomic E-state index is 13.8. The van der Waals surface area contributed by atoms with Crippen LogP contribution in [0.4, 0.5) is 4.39 Å². The average molecular weight is 343 g/mol. The quantitative estimate of drug-likeness (QED) is 0.832. The van der Waals surface area contributed by atoms with Gasteiger partial charge in [0.1, 0.15) is 5.82 Å². The van der Waals surface area contributed by atoms with E-state index in [1.807, 2.05) is 30.8 Å². The van der Waals surface area contributed by atoms with Crippen LogP contribution in [0.1, 0.15) is 23.6 Å². The van der Waals surface area contributed by atoms with Gasteiger partial charge in [-0.2, -0.15) is 10.4 Å². The van der Waals surface area contributed by atoms with Gasteiger partial charge in [0, 0.05) is 31.4 Å². The third-order valence-electron chi connectivity index (χ3n) is 3.83. The zero-order valence-electron chi connectivity index (χ0n) is 14.7. The lowest BCUT2D eigenvalue weighted by molar-refractivity contribution is -0.129. The molecule has 1 N–H and O–H groups in total. The van der Waals surface area contributed by atoms with Gasteiger partial charge < -0.3 is 10.2 Å². The van der Waals surface area contributed by atoms with E-state index < -0.39 is 5.82 Å². The lowest BCUT2D eigenvalue weighted by Gasteiger charge is -2.20. The predicted octanol–water partition coefficient (Wildman–Crippen LogP) is 1.84.